The molecule has 0 aliphatic heterocycles. The summed E-state index contributed by atoms with van der Waals surface area (Å²) in [6.45, 7) is 0.845. The molecule has 0 fully saturated rings. The maximum atomic E-state index is 13.1. The number of nitrogens with one attached hydrogen (secondary N) is 1. The number of amides is 1. The van der Waals surface area contributed by atoms with Gasteiger partial charge >= 0.3 is 0 Å². The van der Waals surface area contributed by atoms with Crippen molar-refractivity contribution < 1.29 is 14.1 Å². The third kappa shape index (κ3) is 5.42. The second kappa shape index (κ2) is 10.7. The van der Waals surface area contributed by atoms with Gasteiger partial charge < -0.3 is 14.3 Å². The van der Waals surface area contributed by atoms with Crippen molar-refractivity contribution in [2.75, 3.05) is 0 Å². The Labute approximate surface area is 218 Å². The SMILES string of the molecule is O=C(CC(c1ccccc1Cl)c1cn(Cc2ccccc2)c2ccc([N+](=O)[O-])cc12)NCc1ccco1. The number of carbonyl (C=O) groups excluding carboxylic acids is 1. The maximum Gasteiger partial charge on any atom is 0.270 e. The Morgan fingerprint density at radius 3 is 2.51 bits per heavy atom. The Balaban J connectivity index is 1.59. The average molecular weight is 514 g/mol. The molecule has 5 rings (SSSR count). The number of rotatable bonds is 9. The van der Waals surface area contributed by atoms with Crippen LogP contribution in [0.1, 0.15) is 34.8 Å². The highest BCUT2D eigenvalue weighted by molar-refractivity contribution is 6.31. The van der Waals surface area contributed by atoms with Gasteiger partial charge in [-0.05, 0) is 41.0 Å². The minimum absolute atomic E-state index is 0.00797. The van der Waals surface area contributed by atoms with Crippen molar-refractivity contribution in [2.45, 2.75) is 25.4 Å². The van der Waals surface area contributed by atoms with Gasteiger partial charge in [-0.1, -0.05) is 60.1 Å². The summed E-state index contributed by atoms with van der Waals surface area (Å²) in [5.41, 5.74) is 3.51. The first-order chi connectivity index (χ1) is 18.0. The lowest BCUT2D eigenvalue weighted by Gasteiger charge is -2.18. The Morgan fingerprint density at radius 2 is 1.78 bits per heavy atom. The van der Waals surface area contributed by atoms with Gasteiger partial charge in [-0.25, -0.2) is 0 Å². The molecule has 3 aromatic carbocycles. The lowest BCUT2D eigenvalue weighted by Crippen LogP contribution is -2.24. The van der Waals surface area contributed by atoms with E-state index in [2.05, 4.69) is 9.88 Å². The number of hydrogen-bond donors (Lipinski definition) is 1. The van der Waals surface area contributed by atoms with E-state index in [4.69, 9.17) is 16.0 Å². The Kier molecular flexibility index (Phi) is 7.05. The van der Waals surface area contributed by atoms with Gasteiger partial charge in [-0.2, -0.15) is 0 Å². The van der Waals surface area contributed by atoms with Crippen LogP contribution in [0.4, 0.5) is 5.69 Å². The molecule has 0 saturated heterocycles. The van der Waals surface area contributed by atoms with E-state index in [0.29, 0.717) is 22.7 Å². The fourth-order valence-corrected chi connectivity index (χ4v) is 4.88. The second-order valence-electron chi connectivity index (χ2n) is 8.79. The molecule has 2 aromatic heterocycles. The van der Waals surface area contributed by atoms with Crippen molar-refractivity contribution in [3.05, 3.63) is 135 Å². The molecule has 1 N–H and O–H groups in total. The molecule has 0 spiro atoms. The predicted octanol–water partition coefficient (Wildman–Crippen LogP) is 6.68. The fourth-order valence-electron chi connectivity index (χ4n) is 4.62. The number of benzene rings is 3. The zero-order valence-electron chi connectivity index (χ0n) is 19.8. The lowest BCUT2D eigenvalue weighted by molar-refractivity contribution is -0.384. The molecule has 0 bridgehead atoms. The number of non-ortho nitro benzene ring substituents is 1. The molecule has 1 unspecified atom stereocenters. The second-order valence-corrected chi connectivity index (χ2v) is 9.20. The number of nitro groups is 1. The van der Waals surface area contributed by atoms with E-state index in [0.717, 1.165) is 22.2 Å². The number of hydrogen-bond acceptors (Lipinski definition) is 4. The van der Waals surface area contributed by atoms with Crippen LogP contribution < -0.4 is 5.32 Å². The van der Waals surface area contributed by atoms with E-state index < -0.39 is 10.8 Å². The molecule has 1 atom stereocenters. The van der Waals surface area contributed by atoms with Crippen LogP contribution in [0.5, 0.6) is 0 Å². The quantitative estimate of drug-likeness (QED) is 0.176. The van der Waals surface area contributed by atoms with Crippen LogP contribution >= 0.6 is 11.6 Å². The Bertz CT molecular complexity index is 1540. The fraction of sp³-hybridized carbons (Fsp3) is 0.138. The first-order valence-corrected chi connectivity index (χ1v) is 12.2. The molecule has 2 heterocycles. The molecule has 7 nitrogen and oxygen atoms in total. The molecule has 0 aliphatic rings. The molecular weight excluding hydrogens is 490 g/mol. The summed E-state index contributed by atoms with van der Waals surface area (Å²) in [7, 11) is 0. The number of carbonyl (C=O) groups is 1. The molecule has 5 aromatic rings. The Hall–Kier alpha value is -4.36. The highest BCUT2D eigenvalue weighted by Crippen LogP contribution is 2.39. The predicted molar refractivity (Wildman–Crippen MR) is 143 cm³/mol. The van der Waals surface area contributed by atoms with Gasteiger partial charge in [-0.3, -0.25) is 14.9 Å². The van der Waals surface area contributed by atoms with Crippen molar-refractivity contribution in [1.82, 2.24) is 9.88 Å². The van der Waals surface area contributed by atoms with E-state index in [1.165, 1.54) is 6.07 Å². The molecular formula is C29H24ClN3O4. The normalized spacial score (nSPS) is 11.9. The lowest BCUT2D eigenvalue weighted by atomic mass is 9.88. The summed E-state index contributed by atoms with van der Waals surface area (Å²) in [4.78, 5) is 24.3. The van der Waals surface area contributed by atoms with Crippen molar-refractivity contribution >= 4 is 34.1 Å². The molecule has 1 amide bonds. The van der Waals surface area contributed by atoms with Crippen LogP contribution in [0.25, 0.3) is 10.9 Å². The summed E-state index contributed by atoms with van der Waals surface area (Å²) in [6, 6.07) is 25.8. The molecule has 186 valence electrons. The van der Waals surface area contributed by atoms with Gasteiger partial charge in [0, 0.05) is 53.1 Å². The molecule has 8 heteroatoms. The standard InChI is InChI=1S/C29H24ClN3O4/c30-27-11-5-4-10-23(27)24(16-29(34)31-17-22-9-6-14-37-22)26-19-32(18-20-7-2-1-3-8-20)28-13-12-21(33(35)36)15-25(26)28/h1-15,19,24H,16-18H2,(H,31,34). The minimum Gasteiger partial charge on any atom is -0.467 e. The van der Waals surface area contributed by atoms with Gasteiger partial charge in [0.1, 0.15) is 5.76 Å². The number of aromatic nitrogens is 1. The number of furan rings is 1. The summed E-state index contributed by atoms with van der Waals surface area (Å²) in [5.74, 6) is 0.0419. The third-order valence-corrected chi connectivity index (χ3v) is 6.73. The van der Waals surface area contributed by atoms with Gasteiger partial charge in [0.2, 0.25) is 5.91 Å². The number of nitro benzene ring substituents is 1. The average Bonchev–Trinajstić information content (AvgIpc) is 3.55. The number of halogens is 1. The largest absolute Gasteiger partial charge is 0.467 e. The monoisotopic (exact) mass is 513 g/mol. The van der Waals surface area contributed by atoms with E-state index in [1.807, 2.05) is 54.7 Å². The first kappa shape index (κ1) is 24.3. The third-order valence-electron chi connectivity index (χ3n) is 6.39. The summed E-state index contributed by atoms with van der Waals surface area (Å²) >= 11 is 6.62. The maximum absolute atomic E-state index is 13.1. The Morgan fingerprint density at radius 1 is 1.00 bits per heavy atom. The first-order valence-electron chi connectivity index (χ1n) is 11.8. The van der Waals surface area contributed by atoms with E-state index >= 15 is 0 Å². The highest BCUT2D eigenvalue weighted by Gasteiger charge is 2.26. The van der Waals surface area contributed by atoms with Gasteiger partial charge in [-0.15, -0.1) is 0 Å². The topological polar surface area (TPSA) is 90.3 Å². The summed E-state index contributed by atoms with van der Waals surface area (Å²) in [5, 5.41) is 15.8. The van der Waals surface area contributed by atoms with Crippen LogP contribution in [0.3, 0.4) is 0 Å². The van der Waals surface area contributed by atoms with Gasteiger partial charge in [0.25, 0.3) is 5.69 Å². The highest BCUT2D eigenvalue weighted by atomic mass is 35.5. The van der Waals surface area contributed by atoms with Crippen LogP contribution in [-0.2, 0) is 17.9 Å². The molecule has 0 radical (unpaired) electrons. The molecule has 0 saturated carbocycles. The van der Waals surface area contributed by atoms with Crippen molar-refractivity contribution in [2.24, 2.45) is 0 Å². The molecule has 0 aliphatic carbocycles. The number of nitrogens with zero attached hydrogens (tertiary/aromatic N) is 2. The van der Waals surface area contributed by atoms with Crippen molar-refractivity contribution in [3.63, 3.8) is 0 Å². The van der Waals surface area contributed by atoms with Gasteiger partial charge in [0.15, 0.2) is 0 Å². The van der Waals surface area contributed by atoms with Crippen LogP contribution in [0, 0.1) is 10.1 Å². The summed E-state index contributed by atoms with van der Waals surface area (Å²) < 4.78 is 7.39. The van der Waals surface area contributed by atoms with E-state index in [-0.39, 0.29) is 24.6 Å². The van der Waals surface area contributed by atoms with Crippen molar-refractivity contribution in [3.8, 4) is 0 Å². The zero-order valence-corrected chi connectivity index (χ0v) is 20.6. The van der Waals surface area contributed by atoms with Crippen LogP contribution in [-0.4, -0.2) is 15.4 Å². The van der Waals surface area contributed by atoms with Crippen molar-refractivity contribution in [1.29, 1.82) is 0 Å². The minimum atomic E-state index is -0.424. The van der Waals surface area contributed by atoms with E-state index in [1.54, 1.807) is 36.6 Å². The smallest absolute Gasteiger partial charge is 0.270 e. The number of fused-ring (bicyclic) bond motifs is 1. The van der Waals surface area contributed by atoms with Crippen LogP contribution in [0.15, 0.2) is 102 Å². The van der Waals surface area contributed by atoms with Gasteiger partial charge in [0.05, 0.1) is 17.7 Å². The summed E-state index contributed by atoms with van der Waals surface area (Å²) in [6.07, 6.45) is 3.65. The van der Waals surface area contributed by atoms with Crippen LogP contribution in [0.2, 0.25) is 5.02 Å². The zero-order chi connectivity index (χ0) is 25.8. The molecule has 37 heavy (non-hydrogen) atoms. The van der Waals surface area contributed by atoms with E-state index in [9.17, 15) is 14.9 Å².